The average molecular weight is 959 g/mol. The quantitative estimate of drug-likeness (QED) is 0.158. The van der Waals surface area contributed by atoms with Gasteiger partial charge in [-0.2, -0.15) is 0 Å². The van der Waals surface area contributed by atoms with Gasteiger partial charge in [0, 0.05) is 66.3 Å². The number of hydrogen-bond acceptors (Lipinski definition) is 7. The molecule has 0 saturated carbocycles. The lowest BCUT2D eigenvalue weighted by Gasteiger charge is -2.33. The van der Waals surface area contributed by atoms with Crippen LogP contribution >= 0.6 is 57.7 Å². The van der Waals surface area contributed by atoms with Gasteiger partial charge in [-0.25, -0.2) is 9.97 Å². The Hall–Kier alpha value is -5.68. The van der Waals surface area contributed by atoms with Gasteiger partial charge in [-0.3, -0.25) is 9.59 Å². The van der Waals surface area contributed by atoms with E-state index >= 15 is 0 Å². The molecular weight excluding hydrogens is 914 g/mol. The van der Waals surface area contributed by atoms with Crippen molar-refractivity contribution in [3.63, 3.8) is 0 Å². The summed E-state index contributed by atoms with van der Waals surface area (Å²) in [4.78, 5) is 40.6. The Morgan fingerprint density at radius 2 is 1.02 bits per heavy atom. The zero-order valence-electron chi connectivity index (χ0n) is 35.2. The topological polar surface area (TPSA) is 90.5 Å². The molecular formula is C52H44Cl4N6O2S. The number of halogens is 4. The summed E-state index contributed by atoms with van der Waals surface area (Å²) in [6.07, 6.45) is 7.12. The molecule has 0 atom stereocenters. The van der Waals surface area contributed by atoms with Crippen LogP contribution in [-0.2, 0) is 0 Å². The molecule has 2 aliphatic rings. The Bertz CT molecular complexity index is 2970. The van der Waals surface area contributed by atoms with Gasteiger partial charge >= 0.3 is 0 Å². The van der Waals surface area contributed by atoms with E-state index in [9.17, 15) is 9.59 Å². The molecule has 328 valence electrons. The van der Waals surface area contributed by atoms with Crippen molar-refractivity contribution in [1.29, 1.82) is 0 Å². The molecule has 0 spiro atoms. The Morgan fingerprint density at radius 3 is 1.51 bits per heavy atom. The number of amides is 2. The number of rotatable bonds is 8. The van der Waals surface area contributed by atoms with Crippen LogP contribution in [0.15, 0.2) is 145 Å². The number of thiophene rings is 1. The first kappa shape index (κ1) is 44.5. The number of aromatic nitrogens is 2. The zero-order valence-corrected chi connectivity index (χ0v) is 39.0. The summed E-state index contributed by atoms with van der Waals surface area (Å²) in [6, 6.07) is 42.3. The summed E-state index contributed by atoms with van der Waals surface area (Å²) in [5.41, 5.74) is 4.46. The molecule has 13 heteroatoms. The maximum Gasteiger partial charge on any atom is 0.253 e. The van der Waals surface area contributed by atoms with Crippen LogP contribution in [0, 0.1) is 0 Å². The second-order valence-corrected chi connectivity index (χ2v) is 18.7. The zero-order chi connectivity index (χ0) is 44.9. The lowest BCUT2D eigenvalue weighted by Crippen LogP contribution is -2.45. The largest absolute Gasteiger partial charge is 0.356 e. The van der Waals surface area contributed by atoms with Gasteiger partial charge in [-0.1, -0.05) is 119 Å². The lowest BCUT2D eigenvalue weighted by atomic mass is 10.0. The molecule has 2 amide bonds. The Labute approximate surface area is 402 Å². The lowest BCUT2D eigenvalue weighted by molar-refractivity contribution is 0.0922. The van der Waals surface area contributed by atoms with E-state index in [4.69, 9.17) is 51.4 Å². The van der Waals surface area contributed by atoms with Crippen LogP contribution in [-0.4, -0.2) is 60.0 Å². The van der Waals surface area contributed by atoms with Gasteiger partial charge < -0.3 is 20.4 Å². The Balaban J connectivity index is 0.000000164. The van der Waals surface area contributed by atoms with E-state index in [0.717, 1.165) is 74.3 Å². The molecule has 0 aliphatic carbocycles. The number of nitrogens with zero attached hydrogens (tertiary/aromatic N) is 4. The number of pyridine rings is 2. The number of nitrogens with one attached hydrogen (secondary N) is 2. The standard InChI is InChI=1S/C27H23Cl2N3O.C25H21Cl2N3OS/c28-24-8-4-7-23(25(24)29)27(33)31-21-12-15-32(16-13-21)26-22-10-9-19(17-20(22)11-14-30-26)18-5-2-1-3-6-18;26-21-4-1-3-20(23(21)27)25(31)29-18-9-12-30(13-10-18)24-19-7-6-17(22-5-2-14-32-22)15-16(19)8-11-28-24/h1-11,14,17,21H,12-13,15-16H2,(H,31,33);1-8,11,14-15,18H,9-10,12-13H2,(H,29,31). The molecule has 2 saturated heterocycles. The fraction of sp³-hybridized carbons (Fsp3) is 0.192. The number of piperidine rings is 2. The van der Waals surface area contributed by atoms with Crippen LogP contribution in [0.2, 0.25) is 20.1 Å². The van der Waals surface area contributed by atoms with Crippen LogP contribution in [0.4, 0.5) is 11.6 Å². The molecule has 65 heavy (non-hydrogen) atoms. The predicted octanol–water partition coefficient (Wildman–Crippen LogP) is 13.3. The molecule has 8 aromatic rings. The molecule has 2 fully saturated rings. The number of anilines is 2. The van der Waals surface area contributed by atoms with Crippen LogP contribution in [0.1, 0.15) is 46.4 Å². The van der Waals surface area contributed by atoms with Crippen LogP contribution in [0.5, 0.6) is 0 Å². The molecule has 2 N–H and O–H groups in total. The van der Waals surface area contributed by atoms with Crippen LogP contribution in [0.3, 0.4) is 0 Å². The molecule has 0 radical (unpaired) electrons. The molecule has 0 unspecified atom stereocenters. The van der Waals surface area contributed by atoms with E-state index in [-0.39, 0.29) is 23.9 Å². The Kier molecular flexibility index (Phi) is 13.9. The van der Waals surface area contributed by atoms with Gasteiger partial charge in [0.05, 0.1) is 31.2 Å². The maximum atomic E-state index is 12.7. The number of carbonyl (C=O) groups excluding carboxylic acids is 2. The Morgan fingerprint density at radius 1 is 0.523 bits per heavy atom. The molecule has 5 heterocycles. The molecule has 3 aromatic heterocycles. The number of hydrogen-bond donors (Lipinski definition) is 2. The van der Waals surface area contributed by atoms with Crippen molar-refractivity contribution in [2.45, 2.75) is 37.8 Å². The normalized spacial score (nSPS) is 14.5. The highest BCUT2D eigenvalue weighted by atomic mass is 35.5. The number of benzene rings is 5. The van der Waals surface area contributed by atoms with Crippen molar-refractivity contribution in [1.82, 2.24) is 20.6 Å². The molecule has 0 bridgehead atoms. The SMILES string of the molecule is O=C(NC1CCN(c2nccc3cc(-c4ccccc4)ccc23)CC1)c1cccc(Cl)c1Cl.O=C(NC1CCN(c2nccc3cc(-c4cccs4)ccc23)CC1)c1cccc(Cl)c1Cl. The van der Waals surface area contributed by atoms with Crippen molar-refractivity contribution in [2.75, 3.05) is 36.0 Å². The summed E-state index contributed by atoms with van der Waals surface area (Å²) in [5.74, 6) is 1.63. The molecule has 5 aromatic carbocycles. The smallest absolute Gasteiger partial charge is 0.253 e. The summed E-state index contributed by atoms with van der Waals surface area (Å²) in [7, 11) is 0. The summed E-state index contributed by atoms with van der Waals surface area (Å²) < 4.78 is 0. The van der Waals surface area contributed by atoms with E-state index in [2.05, 4.69) is 116 Å². The van der Waals surface area contributed by atoms with Gasteiger partial charge in [0.15, 0.2) is 0 Å². The van der Waals surface area contributed by atoms with Gasteiger partial charge in [0.25, 0.3) is 11.8 Å². The van der Waals surface area contributed by atoms with E-state index < -0.39 is 0 Å². The average Bonchev–Trinajstić information content (AvgIpc) is 3.89. The van der Waals surface area contributed by atoms with E-state index in [0.29, 0.717) is 31.2 Å². The van der Waals surface area contributed by atoms with Crippen LogP contribution < -0.4 is 20.4 Å². The second kappa shape index (κ2) is 20.2. The van der Waals surface area contributed by atoms with Crippen molar-refractivity contribution in [2.24, 2.45) is 0 Å². The molecule has 2 aliphatic heterocycles. The second-order valence-electron chi connectivity index (χ2n) is 16.2. The summed E-state index contributed by atoms with van der Waals surface area (Å²) in [5, 5.41) is 14.3. The van der Waals surface area contributed by atoms with Gasteiger partial charge in [-0.15, -0.1) is 11.3 Å². The minimum Gasteiger partial charge on any atom is -0.356 e. The van der Waals surface area contributed by atoms with E-state index in [1.807, 2.05) is 18.5 Å². The highest BCUT2D eigenvalue weighted by Crippen LogP contribution is 2.34. The van der Waals surface area contributed by atoms with Gasteiger partial charge in [0.2, 0.25) is 0 Å². The number of carbonyl (C=O) groups is 2. The fourth-order valence-corrected chi connectivity index (χ4v) is 10.1. The maximum absolute atomic E-state index is 12.7. The third kappa shape index (κ3) is 10.1. The third-order valence-corrected chi connectivity index (χ3v) is 14.6. The highest BCUT2D eigenvalue weighted by molar-refractivity contribution is 7.13. The first-order valence-electron chi connectivity index (χ1n) is 21.6. The van der Waals surface area contributed by atoms with Crippen molar-refractivity contribution >= 4 is 103 Å². The molecule has 8 nitrogen and oxygen atoms in total. The summed E-state index contributed by atoms with van der Waals surface area (Å²) >= 11 is 26.3. The minimum absolute atomic E-state index is 0.0865. The van der Waals surface area contributed by atoms with Crippen molar-refractivity contribution in [3.8, 4) is 21.6 Å². The van der Waals surface area contributed by atoms with Crippen molar-refractivity contribution in [3.05, 3.63) is 176 Å². The molecule has 10 rings (SSSR count). The highest BCUT2D eigenvalue weighted by Gasteiger charge is 2.26. The third-order valence-electron chi connectivity index (χ3n) is 12.1. The fourth-order valence-electron chi connectivity index (χ4n) is 8.59. The van der Waals surface area contributed by atoms with Crippen molar-refractivity contribution < 1.29 is 9.59 Å². The minimum atomic E-state index is -0.183. The van der Waals surface area contributed by atoms with E-state index in [1.165, 1.54) is 32.3 Å². The predicted molar refractivity (Wildman–Crippen MR) is 271 cm³/mol. The van der Waals surface area contributed by atoms with Gasteiger partial charge in [-0.05, 0) is 113 Å². The number of fused-ring (bicyclic) bond motifs is 2. The van der Waals surface area contributed by atoms with Gasteiger partial charge in [0.1, 0.15) is 11.6 Å². The first-order chi connectivity index (χ1) is 31.7. The summed E-state index contributed by atoms with van der Waals surface area (Å²) in [6.45, 7) is 3.29. The van der Waals surface area contributed by atoms with E-state index in [1.54, 1.807) is 47.7 Å². The monoisotopic (exact) mass is 956 g/mol. The first-order valence-corrected chi connectivity index (χ1v) is 24.0. The van der Waals surface area contributed by atoms with Crippen LogP contribution in [0.25, 0.3) is 43.1 Å².